The smallest absolute Gasteiger partial charge is 0 e. The van der Waals surface area contributed by atoms with Crippen molar-refractivity contribution < 1.29 is 65.4 Å². The molecule has 0 N–H and O–H groups in total. The summed E-state index contributed by atoms with van der Waals surface area (Å²) in [6.07, 6.45) is 0. The monoisotopic (exact) mass is 284 g/mol. The Bertz CT molecular complexity index is 146. The van der Waals surface area contributed by atoms with Gasteiger partial charge in [-0.25, -0.2) is 0 Å². The van der Waals surface area contributed by atoms with Gasteiger partial charge in [0.15, 0.2) is 0 Å². The van der Waals surface area contributed by atoms with E-state index < -0.39 is 0 Å². The zero-order chi connectivity index (χ0) is 5.98. The molecule has 1 aromatic carbocycles. The third kappa shape index (κ3) is 5.13. The molecule has 0 bridgehead atoms. The summed E-state index contributed by atoms with van der Waals surface area (Å²) in [6.45, 7) is 4.19. The van der Waals surface area contributed by atoms with Gasteiger partial charge in [-0.15, -0.1) is 0 Å². The second-order valence-corrected chi connectivity index (χ2v) is 2.15. The fraction of sp³-hybridized carbons (Fsp3) is 0.250. The molecule has 48 valence electrons. The van der Waals surface area contributed by atoms with Crippen molar-refractivity contribution in [3.05, 3.63) is 35.4 Å². The van der Waals surface area contributed by atoms with Crippen LogP contribution in [0.25, 0.3) is 0 Å². The maximum atomic E-state index is 2.12. The van der Waals surface area contributed by atoms with Crippen molar-refractivity contribution in [1.29, 1.82) is 0 Å². The second kappa shape index (κ2) is 7.10. The normalized spacial score (nSPS) is 7.40. The van der Waals surface area contributed by atoms with Crippen molar-refractivity contribution in [3.8, 4) is 0 Å². The fourth-order valence-electron chi connectivity index (χ4n) is 0.637. The molecule has 0 aliphatic heterocycles. The SMILES string of the molecule is Cc1ccc(C)cc1.[Y].[Y]. The number of hydrogen-bond acceptors (Lipinski definition) is 0. The van der Waals surface area contributed by atoms with Gasteiger partial charge in [0.25, 0.3) is 0 Å². The molecule has 2 heteroatoms. The third-order valence-electron chi connectivity index (χ3n) is 1.22. The van der Waals surface area contributed by atoms with Crippen molar-refractivity contribution in [2.45, 2.75) is 13.8 Å². The molecule has 0 atom stereocenters. The molecule has 0 aliphatic rings. The van der Waals surface area contributed by atoms with Gasteiger partial charge in [0.2, 0.25) is 0 Å². The van der Waals surface area contributed by atoms with Gasteiger partial charge in [0.1, 0.15) is 0 Å². The van der Waals surface area contributed by atoms with Crippen LogP contribution in [0.3, 0.4) is 0 Å². The average molecular weight is 284 g/mol. The number of benzene rings is 1. The van der Waals surface area contributed by atoms with Gasteiger partial charge >= 0.3 is 0 Å². The molecule has 0 fully saturated rings. The van der Waals surface area contributed by atoms with Gasteiger partial charge in [-0.2, -0.15) is 0 Å². The number of rotatable bonds is 0. The molecule has 2 radical (unpaired) electrons. The predicted molar refractivity (Wildman–Crippen MR) is 35.9 cm³/mol. The summed E-state index contributed by atoms with van der Waals surface area (Å²) in [4.78, 5) is 0. The summed E-state index contributed by atoms with van der Waals surface area (Å²) in [5.74, 6) is 0. The van der Waals surface area contributed by atoms with E-state index in [9.17, 15) is 0 Å². The zero-order valence-electron chi connectivity index (χ0n) is 6.46. The van der Waals surface area contributed by atoms with E-state index >= 15 is 0 Å². The van der Waals surface area contributed by atoms with Crippen LogP contribution in [0.2, 0.25) is 0 Å². The van der Waals surface area contributed by atoms with E-state index in [4.69, 9.17) is 0 Å². The van der Waals surface area contributed by atoms with Gasteiger partial charge in [0.05, 0.1) is 0 Å². The minimum atomic E-state index is 0. The van der Waals surface area contributed by atoms with Gasteiger partial charge < -0.3 is 0 Å². The van der Waals surface area contributed by atoms with E-state index in [2.05, 4.69) is 38.1 Å². The van der Waals surface area contributed by atoms with E-state index in [0.29, 0.717) is 0 Å². The Labute approximate surface area is 113 Å². The largest absolute Gasteiger partial charge is 0.0591 e. The van der Waals surface area contributed by atoms with Crippen LogP contribution in [0.15, 0.2) is 24.3 Å². The Morgan fingerprint density at radius 3 is 1.10 bits per heavy atom. The maximum absolute atomic E-state index is 2.12. The maximum Gasteiger partial charge on any atom is 0 e. The quantitative estimate of drug-likeness (QED) is 0.685. The summed E-state index contributed by atoms with van der Waals surface area (Å²) in [5.41, 5.74) is 2.66. The molecule has 0 saturated heterocycles. The van der Waals surface area contributed by atoms with Crippen LogP contribution >= 0.6 is 0 Å². The van der Waals surface area contributed by atoms with Crippen LogP contribution in [0.5, 0.6) is 0 Å². The predicted octanol–water partition coefficient (Wildman–Crippen LogP) is 2.30. The molecule has 1 aromatic rings. The summed E-state index contributed by atoms with van der Waals surface area (Å²) >= 11 is 0. The Morgan fingerprint density at radius 1 is 0.700 bits per heavy atom. The molecule has 1 rings (SSSR count). The third-order valence-corrected chi connectivity index (χ3v) is 1.22. The summed E-state index contributed by atoms with van der Waals surface area (Å²) < 4.78 is 0. The van der Waals surface area contributed by atoms with E-state index in [0.717, 1.165) is 0 Å². The standard InChI is InChI=1S/C8H10.2Y/c1-7-3-5-8(2)6-4-7;;/h3-6H,1-2H3;;. The van der Waals surface area contributed by atoms with Gasteiger partial charge in [-0.3, -0.25) is 0 Å². The van der Waals surface area contributed by atoms with Crippen LogP contribution in [-0.2, 0) is 65.4 Å². The first-order valence-electron chi connectivity index (χ1n) is 2.82. The molecule has 0 aromatic heterocycles. The van der Waals surface area contributed by atoms with Crippen LogP contribution < -0.4 is 0 Å². The second-order valence-electron chi connectivity index (χ2n) is 2.15. The molecule has 0 spiro atoms. The van der Waals surface area contributed by atoms with E-state index in [1.54, 1.807) is 0 Å². The summed E-state index contributed by atoms with van der Waals surface area (Å²) in [6, 6.07) is 8.48. The molecule has 0 nitrogen and oxygen atoms in total. The topological polar surface area (TPSA) is 0 Å². The van der Waals surface area contributed by atoms with Crippen molar-refractivity contribution in [3.63, 3.8) is 0 Å². The molecule has 10 heavy (non-hydrogen) atoms. The van der Waals surface area contributed by atoms with Crippen molar-refractivity contribution in [2.75, 3.05) is 0 Å². The molecule has 0 amide bonds. The molecular formula is C8H10Y2. The number of aryl methyl sites for hydroxylation is 2. The first kappa shape index (κ1) is 14.0. The van der Waals surface area contributed by atoms with Crippen LogP contribution in [0.1, 0.15) is 11.1 Å². The summed E-state index contributed by atoms with van der Waals surface area (Å²) in [5, 5.41) is 0. The first-order chi connectivity index (χ1) is 3.79. The van der Waals surface area contributed by atoms with E-state index in [1.807, 2.05) is 0 Å². The minimum absolute atomic E-state index is 0. The Kier molecular flexibility index (Phi) is 9.92. The minimum Gasteiger partial charge on any atom is -0.0591 e. The fourth-order valence-corrected chi connectivity index (χ4v) is 0.637. The van der Waals surface area contributed by atoms with Crippen LogP contribution in [0, 0.1) is 13.8 Å². The Balaban J connectivity index is 0. The van der Waals surface area contributed by atoms with Crippen molar-refractivity contribution in [2.24, 2.45) is 0 Å². The molecule has 0 saturated carbocycles. The van der Waals surface area contributed by atoms with E-state index in [1.165, 1.54) is 11.1 Å². The van der Waals surface area contributed by atoms with Gasteiger partial charge in [-0.05, 0) is 13.8 Å². The Hall–Kier alpha value is 1.43. The Morgan fingerprint density at radius 2 is 0.900 bits per heavy atom. The zero-order valence-corrected chi connectivity index (χ0v) is 12.1. The van der Waals surface area contributed by atoms with Gasteiger partial charge in [0, 0.05) is 65.4 Å². The van der Waals surface area contributed by atoms with E-state index in [-0.39, 0.29) is 65.4 Å². The molecule has 0 unspecified atom stereocenters. The first-order valence-corrected chi connectivity index (χ1v) is 2.82. The van der Waals surface area contributed by atoms with Crippen LogP contribution in [-0.4, -0.2) is 0 Å². The molecule has 0 aliphatic carbocycles. The van der Waals surface area contributed by atoms with Crippen molar-refractivity contribution >= 4 is 0 Å². The average Bonchev–Trinajstić information content (AvgIpc) is 1.77. The molecule has 0 heterocycles. The van der Waals surface area contributed by atoms with Crippen LogP contribution in [0.4, 0.5) is 0 Å². The molecular weight excluding hydrogens is 274 g/mol. The van der Waals surface area contributed by atoms with Gasteiger partial charge in [-0.1, -0.05) is 35.4 Å². The number of hydrogen-bond donors (Lipinski definition) is 0. The van der Waals surface area contributed by atoms with Crippen molar-refractivity contribution in [1.82, 2.24) is 0 Å². The summed E-state index contributed by atoms with van der Waals surface area (Å²) in [7, 11) is 0.